The van der Waals surface area contributed by atoms with Gasteiger partial charge in [0.15, 0.2) is 0 Å². The second kappa shape index (κ2) is 7.11. The second-order valence-electron chi connectivity index (χ2n) is 5.73. The smallest absolute Gasteiger partial charge is 0.220 e. The van der Waals surface area contributed by atoms with Gasteiger partial charge in [-0.25, -0.2) is 4.98 Å². The van der Waals surface area contributed by atoms with Gasteiger partial charge in [0.2, 0.25) is 5.91 Å². The number of nitrogens with zero attached hydrogens (tertiary/aromatic N) is 1. The maximum Gasteiger partial charge on any atom is 0.220 e. The van der Waals surface area contributed by atoms with Crippen molar-refractivity contribution >= 4 is 28.5 Å². The quantitative estimate of drug-likeness (QED) is 0.804. The molecule has 5 nitrogen and oxygen atoms in total. The van der Waals surface area contributed by atoms with Crippen molar-refractivity contribution in [3.05, 3.63) is 29.0 Å². The maximum absolute atomic E-state index is 11.8. The zero-order chi connectivity index (χ0) is 15.4. The molecule has 1 amide bonds. The minimum Gasteiger partial charge on any atom is -0.381 e. The highest BCUT2D eigenvalue weighted by Crippen LogP contribution is 2.18. The lowest BCUT2D eigenvalue weighted by atomic mass is 10.0. The molecule has 6 heteroatoms. The SMILES string of the molecule is O=C(C[C@H]1CCOC1)NCCCc1nc2ccc(Cl)cc2[nH]1. The van der Waals surface area contributed by atoms with Gasteiger partial charge in [-0.05, 0) is 37.0 Å². The predicted octanol–water partition coefficient (Wildman–Crippen LogP) is 2.69. The van der Waals surface area contributed by atoms with Crippen LogP contribution in [0, 0.1) is 5.92 Å². The normalized spacial score (nSPS) is 18.0. The number of imidazole rings is 1. The van der Waals surface area contributed by atoms with E-state index in [1.165, 1.54) is 0 Å². The Hall–Kier alpha value is -1.59. The minimum atomic E-state index is 0.117. The highest BCUT2D eigenvalue weighted by atomic mass is 35.5. The zero-order valence-corrected chi connectivity index (χ0v) is 13.2. The van der Waals surface area contributed by atoms with Crippen molar-refractivity contribution in [2.24, 2.45) is 5.92 Å². The van der Waals surface area contributed by atoms with Crippen LogP contribution in [0.1, 0.15) is 25.1 Å². The van der Waals surface area contributed by atoms with Crippen LogP contribution in [0.4, 0.5) is 0 Å². The molecule has 2 N–H and O–H groups in total. The topological polar surface area (TPSA) is 67.0 Å². The van der Waals surface area contributed by atoms with Crippen LogP contribution in [0.15, 0.2) is 18.2 Å². The van der Waals surface area contributed by atoms with Crippen LogP contribution < -0.4 is 5.32 Å². The van der Waals surface area contributed by atoms with E-state index in [0.29, 0.717) is 23.9 Å². The summed E-state index contributed by atoms with van der Waals surface area (Å²) in [5.74, 6) is 1.43. The van der Waals surface area contributed by atoms with Gasteiger partial charge in [-0.15, -0.1) is 0 Å². The lowest BCUT2D eigenvalue weighted by Gasteiger charge is -2.08. The number of fused-ring (bicyclic) bond motifs is 1. The summed E-state index contributed by atoms with van der Waals surface area (Å²) >= 11 is 5.96. The van der Waals surface area contributed by atoms with Crippen LogP contribution in [-0.2, 0) is 16.0 Å². The third-order valence-electron chi connectivity index (χ3n) is 3.90. The summed E-state index contributed by atoms with van der Waals surface area (Å²) in [6.07, 6.45) is 3.23. The number of H-pyrrole nitrogens is 1. The monoisotopic (exact) mass is 321 g/mol. The van der Waals surface area contributed by atoms with Crippen molar-refractivity contribution < 1.29 is 9.53 Å². The lowest BCUT2D eigenvalue weighted by Crippen LogP contribution is -2.27. The zero-order valence-electron chi connectivity index (χ0n) is 12.4. The number of nitrogens with one attached hydrogen (secondary N) is 2. The third kappa shape index (κ3) is 3.99. The molecule has 0 unspecified atom stereocenters. The van der Waals surface area contributed by atoms with E-state index >= 15 is 0 Å². The average Bonchev–Trinajstić information content (AvgIpc) is 3.12. The van der Waals surface area contributed by atoms with Gasteiger partial charge in [-0.2, -0.15) is 0 Å². The van der Waals surface area contributed by atoms with Gasteiger partial charge in [0.05, 0.1) is 11.0 Å². The molecule has 2 heterocycles. The van der Waals surface area contributed by atoms with E-state index < -0.39 is 0 Å². The van der Waals surface area contributed by atoms with E-state index in [2.05, 4.69) is 15.3 Å². The third-order valence-corrected chi connectivity index (χ3v) is 4.14. The molecule has 118 valence electrons. The Morgan fingerprint density at radius 3 is 3.23 bits per heavy atom. The van der Waals surface area contributed by atoms with Gasteiger partial charge in [0.1, 0.15) is 5.82 Å². The van der Waals surface area contributed by atoms with Gasteiger partial charge in [0.25, 0.3) is 0 Å². The maximum atomic E-state index is 11.8. The largest absolute Gasteiger partial charge is 0.381 e. The Morgan fingerprint density at radius 1 is 1.50 bits per heavy atom. The standard InChI is InChI=1S/C16H20ClN3O2/c17-12-3-4-13-14(9-12)20-15(19-13)2-1-6-18-16(21)8-11-5-7-22-10-11/h3-4,9,11H,1-2,5-8,10H2,(H,18,21)(H,19,20)/t11-/m1/s1. The van der Waals surface area contributed by atoms with Crippen LogP contribution >= 0.6 is 11.6 Å². The number of aromatic nitrogens is 2. The fraction of sp³-hybridized carbons (Fsp3) is 0.500. The van der Waals surface area contributed by atoms with Gasteiger partial charge in [0, 0.05) is 37.6 Å². The van der Waals surface area contributed by atoms with Gasteiger partial charge < -0.3 is 15.0 Å². The Balaban J connectivity index is 1.41. The van der Waals surface area contributed by atoms with Crippen LogP contribution in [0.5, 0.6) is 0 Å². The fourth-order valence-electron chi connectivity index (χ4n) is 2.72. The van der Waals surface area contributed by atoms with E-state index in [1.54, 1.807) is 0 Å². The summed E-state index contributed by atoms with van der Waals surface area (Å²) in [7, 11) is 0. The summed E-state index contributed by atoms with van der Waals surface area (Å²) in [6.45, 7) is 2.17. The van der Waals surface area contributed by atoms with E-state index in [4.69, 9.17) is 16.3 Å². The molecular formula is C16H20ClN3O2. The summed E-state index contributed by atoms with van der Waals surface area (Å²) in [4.78, 5) is 19.6. The van der Waals surface area contributed by atoms with E-state index in [-0.39, 0.29) is 5.91 Å². The van der Waals surface area contributed by atoms with Gasteiger partial charge in [-0.1, -0.05) is 11.6 Å². The molecule has 0 aliphatic carbocycles. The van der Waals surface area contributed by atoms with E-state index in [0.717, 1.165) is 49.3 Å². The molecule has 2 aromatic rings. The highest BCUT2D eigenvalue weighted by molar-refractivity contribution is 6.31. The first kappa shape index (κ1) is 15.3. The molecular weight excluding hydrogens is 302 g/mol. The van der Waals surface area contributed by atoms with Crippen molar-refractivity contribution in [3.8, 4) is 0 Å². The number of ether oxygens (including phenoxy) is 1. The molecule has 1 aliphatic heterocycles. The van der Waals surface area contributed by atoms with Crippen molar-refractivity contribution in [2.45, 2.75) is 25.7 Å². The lowest BCUT2D eigenvalue weighted by molar-refractivity contribution is -0.122. The Labute approximate surface area is 134 Å². The average molecular weight is 322 g/mol. The predicted molar refractivity (Wildman–Crippen MR) is 86.0 cm³/mol. The molecule has 1 aromatic heterocycles. The summed E-state index contributed by atoms with van der Waals surface area (Å²) in [6, 6.07) is 5.61. The molecule has 1 aliphatic rings. The number of rotatable bonds is 6. The van der Waals surface area contributed by atoms with Crippen LogP contribution in [0.2, 0.25) is 5.02 Å². The number of amides is 1. The number of aryl methyl sites for hydroxylation is 1. The molecule has 0 radical (unpaired) electrons. The van der Waals surface area contributed by atoms with Crippen molar-refractivity contribution in [1.29, 1.82) is 0 Å². The van der Waals surface area contributed by atoms with Gasteiger partial charge >= 0.3 is 0 Å². The summed E-state index contributed by atoms with van der Waals surface area (Å²) < 4.78 is 5.28. The molecule has 1 saturated heterocycles. The number of hydrogen-bond acceptors (Lipinski definition) is 3. The number of carbonyl (C=O) groups excluding carboxylic acids is 1. The first-order valence-corrected chi connectivity index (χ1v) is 8.07. The van der Waals surface area contributed by atoms with Crippen molar-refractivity contribution in [1.82, 2.24) is 15.3 Å². The molecule has 1 aromatic carbocycles. The van der Waals surface area contributed by atoms with Crippen LogP contribution in [0.25, 0.3) is 11.0 Å². The van der Waals surface area contributed by atoms with Crippen molar-refractivity contribution in [2.75, 3.05) is 19.8 Å². The van der Waals surface area contributed by atoms with Crippen LogP contribution in [-0.4, -0.2) is 35.6 Å². The molecule has 1 fully saturated rings. The number of aromatic amines is 1. The van der Waals surface area contributed by atoms with Gasteiger partial charge in [-0.3, -0.25) is 4.79 Å². The van der Waals surface area contributed by atoms with E-state index in [9.17, 15) is 4.79 Å². The molecule has 3 rings (SSSR count). The van der Waals surface area contributed by atoms with Crippen LogP contribution in [0.3, 0.4) is 0 Å². The number of carbonyl (C=O) groups is 1. The number of hydrogen-bond donors (Lipinski definition) is 2. The molecule has 1 atom stereocenters. The molecule has 0 spiro atoms. The summed E-state index contributed by atoms with van der Waals surface area (Å²) in [5.41, 5.74) is 1.87. The number of benzene rings is 1. The first-order chi connectivity index (χ1) is 10.7. The molecule has 22 heavy (non-hydrogen) atoms. The molecule has 0 bridgehead atoms. The molecule has 0 saturated carbocycles. The second-order valence-corrected chi connectivity index (χ2v) is 6.17. The minimum absolute atomic E-state index is 0.117. The number of halogens is 1. The first-order valence-electron chi connectivity index (χ1n) is 7.69. The fourth-order valence-corrected chi connectivity index (χ4v) is 2.89. The highest BCUT2D eigenvalue weighted by Gasteiger charge is 2.18. The Kier molecular flexibility index (Phi) is 4.95. The van der Waals surface area contributed by atoms with Crippen molar-refractivity contribution in [3.63, 3.8) is 0 Å². The summed E-state index contributed by atoms with van der Waals surface area (Å²) in [5, 5.41) is 3.67. The van der Waals surface area contributed by atoms with E-state index in [1.807, 2.05) is 18.2 Å². The Morgan fingerprint density at radius 2 is 2.41 bits per heavy atom. The Bertz CT molecular complexity index is 650.